The lowest BCUT2D eigenvalue weighted by Crippen LogP contribution is -1.96. The molecule has 0 aliphatic carbocycles. The van der Waals surface area contributed by atoms with E-state index in [0.717, 1.165) is 0 Å². The summed E-state index contributed by atoms with van der Waals surface area (Å²) in [6.45, 7) is 0. The number of pyridine rings is 1. The smallest absolute Gasteiger partial charge is 0.250 e. The fourth-order valence-electron chi connectivity index (χ4n) is 1.64. The molecule has 1 aromatic carbocycles. The summed E-state index contributed by atoms with van der Waals surface area (Å²) in [5, 5.41) is 0.422. The first-order valence-electron chi connectivity index (χ1n) is 5.11. The highest BCUT2D eigenvalue weighted by molar-refractivity contribution is 6.31. The molecular formula is C13H9ClFNO2. The molecule has 2 rings (SSSR count). The fraction of sp³-hybridized carbons (Fsp3) is 0.0769. The van der Waals surface area contributed by atoms with E-state index in [0.29, 0.717) is 22.4 Å². The minimum absolute atomic E-state index is 0.121. The average Bonchev–Trinajstić information content (AvgIpc) is 2.39. The molecule has 0 aliphatic heterocycles. The maximum absolute atomic E-state index is 14.1. The second-order valence-corrected chi connectivity index (χ2v) is 3.97. The Hall–Kier alpha value is -1.94. The van der Waals surface area contributed by atoms with Crippen molar-refractivity contribution < 1.29 is 13.9 Å². The Morgan fingerprint density at radius 1 is 1.33 bits per heavy atom. The number of hydrogen-bond acceptors (Lipinski definition) is 3. The van der Waals surface area contributed by atoms with Crippen molar-refractivity contribution in [2.45, 2.75) is 0 Å². The van der Waals surface area contributed by atoms with Gasteiger partial charge in [0.15, 0.2) is 12.1 Å². The molecular weight excluding hydrogens is 257 g/mol. The lowest BCUT2D eigenvalue weighted by Gasteiger charge is -2.09. The standard InChI is InChI=1S/C13H9ClFNO2/c1-18-13-12(15)10(4-5-16-13)11-6-9(14)3-2-8(11)7-17/h2-7H,1H3. The van der Waals surface area contributed by atoms with Gasteiger partial charge < -0.3 is 4.74 Å². The number of hydrogen-bond donors (Lipinski definition) is 0. The van der Waals surface area contributed by atoms with Gasteiger partial charge in [-0.25, -0.2) is 9.37 Å². The number of methoxy groups -OCH3 is 1. The number of halogens is 2. The number of benzene rings is 1. The van der Waals surface area contributed by atoms with Crippen LogP contribution in [0.15, 0.2) is 30.5 Å². The van der Waals surface area contributed by atoms with Crippen molar-refractivity contribution in [2.75, 3.05) is 7.11 Å². The van der Waals surface area contributed by atoms with Crippen molar-refractivity contribution in [1.29, 1.82) is 0 Å². The van der Waals surface area contributed by atoms with Gasteiger partial charge in [0.05, 0.1) is 7.11 Å². The van der Waals surface area contributed by atoms with Crippen molar-refractivity contribution in [3.63, 3.8) is 0 Å². The van der Waals surface area contributed by atoms with E-state index in [9.17, 15) is 9.18 Å². The van der Waals surface area contributed by atoms with Crippen molar-refractivity contribution in [3.05, 3.63) is 46.9 Å². The van der Waals surface area contributed by atoms with Gasteiger partial charge in [0.1, 0.15) is 0 Å². The zero-order valence-electron chi connectivity index (χ0n) is 9.48. The van der Waals surface area contributed by atoms with Crippen LogP contribution in [0.1, 0.15) is 10.4 Å². The molecule has 0 fully saturated rings. The van der Waals surface area contributed by atoms with Crippen LogP contribution in [0.4, 0.5) is 4.39 Å². The number of carbonyl (C=O) groups is 1. The molecule has 1 heterocycles. The van der Waals surface area contributed by atoms with E-state index >= 15 is 0 Å². The summed E-state index contributed by atoms with van der Waals surface area (Å²) in [5.74, 6) is -0.741. The number of carbonyl (C=O) groups excluding carboxylic acids is 1. The fourth-order valence-corrected chi connectivity index (χ4v) is 1.81. The van der Waals surface area contributed by atoms with Gasteiger partial charge in [-0.15, -0.1) is 0 Å². The first-order valence-corrected chi connectivity index (χ1v) is 5.48. The largest absolute Gasteiger partial charge is 0.479 e. The average molecular weight is 266 g/mol. The monoisotopic (exact) mass is 265 g/mol. The van der Waals surface area contributed by atoms with Gasteiger partial charge in [-0.2, -0.15) is 0 Å². The van der Waals surface area contributed by atoms with Gasteiger partial charge >= 0.3 is 0 Å². The molecule has 0 amide bonds. The van der Waals surface area contributed by atoms with Crippen LogP contribution in [0.5, 0.6) is 5.88 Å². The normalized spacial score (nSPS) is 10.2. The number of aromatic nitrogens is 1. The molecule has 0 atom stereocenters. The zero-order chi connectivity index (χ0) is 13.1. The van der Waals surface area contributed by atoms with E-state index in [-0.39, 0.29) is 11.4 Å². The van der Waals surface area contributed by atoms with Crippen LogP contribution in [0.3, 0.4) is 0 Å². The van der Waals surface area contributed by atoms with Gasteiger partial charge in [0, 0.05) is 22.3 Å². The summed E-state index contributed by atoms with van der Waals surface area (Å²) >= 11 is 5.86. The van der Waals surface area contributed by atoms with Crippen LogP contribution < -0.4 is 4.74 Å². The molecule has 0 saturated carbocycles. The first kappa shape index (κ1) is 12.5. The number of ether oxygens (including phenoxy) is 1. The van der Waals surface area contributed by atoms with Gasteiger partial charge in [0.25, 0.3) is 5.88 Å². The Morgan fingerprint density at radius 3 is 2.78 bits per heavy atom. The number of nitrogens with zero attached hydrogens (tertiary/aromatic N) is 1. The Labute approximate surface area is 108 Å². The van der Waals surface area contributed by atoms with Gasteiger partial charge in [0.2, 0.25) is 0 Å². The van der Waals surface area contributed by atoms with Crippen LogP contribution >= 0.6 is 11.6 Å². The maximum atomic E-state index is 14.1. The lowest BCUT2D eigenvalue weighted by atomic mass is 10.0. The SMILES string of the molecule is COc1nccc(-c2cc(Cl)ccc2C=O)c1F. The Kier molecular flexibility index (Phi) is 3.58. The van der Waals surface area contributed by atoms with Crippen molar-refractivity contribution in [1.82, 2.24) is 4.98 Å². The summed E-state index contributed by atoms with van der Waals surface area (Å²) in [6, 6.07) is 6.11. The van der Waals surface area contributed by atoms with Gasteiger partial charge in [-0.05, 0) is 29.8 Å². The van der Waals surface area contributed by atoms with Crippen molar-refractivity contribution >= 4 is 17.9 Å². The molecule has 0 unspecified atom stereocenters. The van der Waals surface area contributed by atoms with E-state index in [2.05, 4.69) is 4.98 Å². The van der Waals surface area contributed by atoms with Crippen molar-refractivity contribution in [2.24, 2.45) is 0 Å². The summed E-state index contributed by atoms with van der Waals surface area (Å²) in [5.41, 5.74) is 0.994. The Morgan fingerprint density at radius 2 is 2.11 bits per heavy atom. The topological polar surface area (TPSA) is 39.2 Å². The van der Waals surface area contributed by atoms with E-state index in [1.807, 2.05) is 0 Å². The van der Waals surface area contributed by atoms with E-state index in [1.54, 1.807) is 6.07 Å². The Balaban J connectivity index is 2.68. The molecule has 18 heavy (non-hydrogen) atoms. The summed E-state index contributed by atoms with van der Waals surface area (Å²) in [6.07, 6.45) is 2.06. The summed E-state index contributed by atoms with van der Waals surface area (Å²) in [4.78, 5) is 14.7. The zero-order valence-corrected chi connectivity index (χ0v) is 10.2. The quantitative estimate of drug-likeness (QED) is 0.799. The minimum atomic E-state index is -0.620. The molecule has 0 saturated heterocycles. The lowest BCUT2D eigenvalue weighted by molar-refractivity contribution is 0.112. The molecule has 0 radical (unpaired) electrons. The number of rotatable bonds is 3. The summed E-state index contributed by atoms with van der Waals surface area (Å²) in [7, 11) is 1.33. The summed E-state index contributed by atoms with van der Waals surface area (Å²) < 4.78 is 18.9. The molecule has 5 heteroatoms. The maximum Gasteiger partial charge on any atom is 0.250 e. The highest BCUT2D eigenvalue weighted by Crippen LogP contribution is 2.31. The van der Waals surface area contributed by atoms with Gasteiger partial charge in [-0.3, -0.25) is 4.79 Å². The van der Waals surface area contributed by atoms with Gasteiger partial charge in [-0.1, -0.05) is 11.6 Å². The van der Waals surface area contributed by atoms with Crippen LogP contribution in [-0.4, -0.2) is 18.4 Å². The van der Waals surface area contributed by atoms with E-state index < -0.39 is 5.82 Å². The Bertz CT molecular complexity index is 602. The molecule has 0 spiro atoms. The van der Waals surface area contributed by atoms with Crippen LogP contribution in [-0.2, 0) is 0 Å². The molecule has 1 aromatic heterocycles. The molecule has 3 nitrogen and oxygen atoms in total. The third kappa shape index (κ3) is 2.19. The van der Waals surface area contributed by atoms with E-state index in [4.69, 9.17) is 16.3 Å². The molecule has 0 aliphatic rings. The molecule has 0 N–H and O–H groups in total. The predicted octanol–water partition coefficient (Wildman–Crippen LogP) is 3.36. The highest BCUT2D eigenvalue weighted by atomic mass is 35.5. The van der Waals surface area contributed by atoms with Crippen LogP contribution in [0.2, 0.25) is 5.02 Å². The third-order valence-corrected chi connectivity index (χ3v) is 2.72. The van der Waals surface area contributed by atoms with E-state index in [1.165, 1.54) is 31.5 Å². The number of aldehydes is 1. The first-order chi connectivity index (χ1) is 8.67. The molecule has 92 valence electrons. The molecule has 2 aromatic rings. The molecule has 0 bridgehead atoms. The van der Waals surface area contributed by atoms with Crippen molar-refractivity contribution in [3.8, 4) is 17.0 Å². The van der Waals surface area contributed by atoms with Crippen LogP contribution in [0, 0.1) is 5.82 Å². The minimum Gasteiger partial charge on any atom is -0.479 e. The third-order valence-electron chi connectivity index (χ3n) is 2.48. The second-order valence-electron chi connectivity index (χ2n) is 3.53. The highest BCUT2D eigenvalue weighted by Gasteiger charge is 2.14. The second kappa shape index (κ2) is 5.14. The van der Waals surface area contributed by atoms with Crippen LogP contribution in [0.25, 0.3) is 11.1 Å². The predicted molar refractivity (Wildman–Crippen MR) is 66.6 cm³/mol.